The Morgan fingerprint density at radius 2 is 1.00 bits per heavy atom. The molecule has 1 atom stereocenters. The van der Waals surface area contributed by atoms with E-state index in [0.29, 0.717) is 0 Å². The van der Waals surface area contributed by atoms with Gasteiger partial charge in [0.05, 0.1) is 16.4 Å². The van der Waals surface area contributed by atoms with Crippen LogP contribution >= 0.6 is 0 Å². The molecule has 0 N–H and O–H groups in total. The van der Waals surface area contributed by atoms with Gasteiger partial charge in [-0.2, -0.15) is 0 Å². The first-order chi connectivity index (χ1) is 23.8. The second kappa shape index (κ2) is 8.59. The van der Waals surface area contributed by atoms with Crippen LogP contribution in [0.15, 0.2) is 164 Å². The number of rotatable bonds is 2. The first-order valence-electron chi connectivity index (χ1n) is 16.9. The molecule has 0 fully saturated rings. The molecule has 12 rings (SSSR count). The van der Waals surface area contributed by atoms with E-state index in [1.165, 1.54) is 104 Å². The molecule has 2 aliphatic carbocycles. The summed E-state index contributed by atoms with van der Waals surface area (Å²) in [5.74, 6) is 0. The van der Waals surface area contributed by atoms with Gasteiger partial charge in [0.1, 0.15) is 0 Å². The molecule has 2 aliphatic rings. The maximum absolute atomic E-state index is 2.54. The van der Waals surface area contributed by atoms with Gasteiger partial charge in [0.2, 0.25) is 0 Å². The number of hydrogen-bond donors (Lipinski definition) is 0. The zero-order chi connectivity index (χ0) is 31.1. The summed E-state index contributed by atoms with van der Waals surface area (Å²) in [6, 6.07) is 61.6. The van der Waals surface area contributed by atoms with Crippen molar-refractivity contribution in [3.05, 3.63) is 186 Å². The van der Waals surface area contributed by atoms with Crippen LogP contribution in [0.2, 0.25) is 0 Å². The molecule has 220 valence electrons. The number of nitrogens with zero attached hydrogens (tertiary/aromatic N) is 1. The van der Waals surface area contributed by atoms with E-state index in [4.69, 9.17) is 0 Å². The Labute approximate surface area is 276 Å². The predicted molar refractivity (Wildman–Crippen MR) is 202 cm³/mol. The second-order valence-electron chi connectivity index (χ2n) is 13.6. The molecule has 9 aromatic carbocycles. The highest BCUT2D eigenvalue weighted by atomic mass is 15.0. The third-order valence-corrected chi connectivity index (χ3v) is 11.5. The molecule has 0 radical (unpaired) electrons. The molecule has 1 aromatic heterocycles. The van der Waals surface area contributed by atoms with Gasteiger partial charge in [-0.05, 0) is 101 Å². The summed E-state index contributed by atoms with van der Waals surface area (Å²) in [4.78, 5) is 0. The molecule has 1 heteroatoms. The molecule has 0 amide bonds. The summed E-state index contributed by atoms with van der Waals surface area (Å²) in [5.41, 5.74) is 11.6. The third kappa shape index (κ3) is 2.75. The van der Waals surface area contributed by atoms with Gasteiger partial charge < -0.3 is 4.57 Å². The van der Waals surface area contributed by atoms with Crippen molar-refractivity contribution in [2.75, 3.05) is 0 Å². The van der Waals surface area contributed by atoms with E-state index >= 15 is 0 Å². The van der Waals surface area contributed by atoms with Crippen molar-refractivity contribution < 1.29 is 0 Å². The van der Waals surface area contributed by atoms with Crippen LogP contribution < -0.4 is 0 Å². The van der Waals surface area contributed by atoms with Crippen LogP contribution in [0, 0.1) is 0 Å². The van der Waals surface area contributed by atoms with Crippen molar-refractivity contribution in [3.8, 4) is 16.8 Å². The average molecular weight is 606 g/mol. The van der Waals surface area contributed by atoms with E-state index < -0.39 is 5.41 Å². The summed E-state index contributed by atoms with van der Waals surface area (Å²) >= 11 is 0. The molecule has 0 spiro atoms. The minimum absolute atomic E-state index is 0.391. The quantitative estimate of drug-likeness (QED) is 0.173. The van der Waals surface area contributed by atoms with E-state index in [1.54, 1.807) is 0 Å². The average Bonchev–Trinajstić information content (AvgIpc) is 3.66. The molecule has 0 aliphatic heterocycles. The number of benzene rings is 9. The van der Waals surface area contributed by atoms with E-state index in [2.05, 4.69) is 168 Å². The van der Waals surface area contributed by atoms with Gasteiger partial charge in [-0.25, -0.2) is 0 Å². The largest absolute Gasteiger partial charge is 0.309 e. The predicted octanol–water partition coefficient (Wildman–Crippen LogP) is 12.1. The van der Waals surface area contributed by atoms with Crippen molar-refractivity contribution in [2.45, 2.75) is 5.41 Å². The van der Waals surface area contributed by atoms with Crippen LogP contribution in [-0.4, -0.2) is 4.57 Å². The van der Waals surface area contributed by atoms with Crippen LogP contribution in [0.3, 0.4) is 0 Å². The van der Waals surface area contributed by atoms with Gasteiger partial charge in [0, 0.05) is 16.5 Å². The molecule has 0 saturated heterocycles. The fraction of sp³-hybridized carbons (Fsp3) is 0.0213. The van der Waals surface area contributed by atoms with E-state index in [-0.39, 0.29) is 0 Å². The topological polar surface area (TPSA) is 4.93 Å². The highest BCUT2D eigenvalue weighted by Crippen LogP contribution is 2.63. The lowest BCUT2D eigenvalue weighted by Crippen LogP contribution is -2.30. The molecular weight excluding hydrogens is 579 g/mol. The molecule has 10 aromatic rings. The van der Waals surface area contributed by atoms with Crippen molar-refractivity contribution in [1.82, 2.24) is 4.57 Å². The smallest absolute Gasteiger partial charge is 0.0726 e. The number of hydrogen-bond acceptors (Lipinski definition) is 0. The summed E-state index contributed by atoms with van der Waals surface area (Å²) in [6.45, 7) is 0. The van der Waals surface area contributed by atoms with E-state index in [0.717, 1.165) is 0 Å². The van der Waals surface area contributed by atoms with Gasteiger partial charge in [-0.3, -0.25) is 0 Å². The summed E-state index contributed by atoms with van der Waals surface area (Å²) < 4.78 is 2.54. The first kappa shape index (κ1) is 25.0. The highest BCUT2D eigenvalue weighted by Gasteiger charge is 2.50. The van der Waals surface area contributed by atoms with Crippen LogP contribution in [0.25, 0.3) is 81.7 Å². The fourth-order valence-corrected chi connectivity index (χ4v) is 9.81. The second-order valence-corrected chi connectivity index (χ2v) is 13.6. The maximum Gasteiger partial charge on any atom is 0.0726 e. The van der Waals surface area contributed by atoms with Gasteiger partial charge in [-0.1, -0.05) is 140 Å². The van der Waals surface area contributed by atoms with Crippen LogP contribution in [-0.2, 0) is 5.41 Å². The molecule has 1 unspecified atom stereocenters. The monoisotopic (exact) mass is 605 g/mol. The first-order valence-corrected chi connectivity index (χ1v) is 16.9. The van der Waals surface area contributed by atoms with Gasteiger partial charge >= 0.3 is 0 Å². The molecular formula is C47H27N. The molecule has 1 heterocycles. The third-order valence-electron chi connectivity index (χ3n) is 11.5. The SMILES string of the molecule is c1ccc(C23c4ccccc4-c4ccc5c(c42)c2c4c3cccc4ccc2n5-c2ccc3c4ccccc4c4ccccc4c3c2)cc1. The lowest BCUT2D eigenvalue weighted by atomic mass is 9.63. The summed E-state index contributed by atoms with van der Waals surface area (Å²) in [5, 5.41) is 13.2. The van der Waals surface area contributed by atoms with Gasteiger partial charge in [0.15, 0.2) is 0 Å². The zero-order valence-corrected chi connectivity index (χ0v) is 26.0. The Bertz CT molecular complexity index is 3020. The van der Waals surface area contributed by atoms with Crippen molar-refractivity contribution in [3.63, 3.8) is 0 Å². The van der Waals surface area contributed by atoms with Crippen molar-refractivity contribution in [1.29, 1.82) is 0 Å². The zero-order valence-electron chi connectivity index (χ0n) is 26.0. The molecule has 48 heavy (non-hydrogen) atoms. The maximum atomic E-state index is 2.54. The molecule has 1 nitrogen and oxygen atoms in total. The van der Waals surface area contributed by atoms with Crippen molar-refractivity contribution >= 4 is 64.9 Å². The standard InChI is InChI=1S/C47H27N/c1-2-12-29(13-3-1)47-39-19-9-8-18-36(39)37-24-26-42-45(46(37)47)44-41(25-21-28-11-10-20-40(47)43(28)44)48(42)30-22-23-35-33-16-5-4-14-31(33)32-15-6-7-17-34(32)38(35)27-30/h1-27H. The normalized spacial score (nSPS) is 16.0. The van der Waals surface area contributed by atoms with Crippen LogP contribution in [0.4, 0.5) is 0 Å². The highest BCUT2D eigenvalue weighted by molar-refractivity contribution is 6.29. The lowest BCUT2D eigenvalue weighted by molar-refractivity contribution is 0.782. The summed E-state index contributed by atoms with van der Waals surface area (Å²) in [6.07, 6.45) is 0. The Kier molecular flexibility index (Phi) is 4.47. The van der Waals surface area contributed by atoms with Crippen LogP contribution in [0.5, 0.6) is 0 Å². The van der Waals surface area contributed by atoms with Gasteiger partial charge in [0.25, 0.3) is 0 Å². The van der Waals surface area contributed by atoms with E-state index in [9.17, 15) is 0 Å². The summed E-state index contributed by atoms with van der Waals surface area (Å²) in [7, 11) is 0. The number of aromatic nitrogens is 1. The Balaban J connectivity index is 1.29. The minimum atomic E-state index is -0.391. The molecule has 0 bridgehead atoms. The Morgan fingerprint density at radius 3 is 1.79 bits per heavy atom. The van der Waals surface area contributed by atoms with Crippen molar-refractivity contribution in [2.24, 2.45) is 0 Å². The molecule has 0 saturated carbocycles. The Hall–Kier alpha value is -6.18. The lowest BCUT2D eigenvalue weighted by Gasteiger charge is -2.37. The van der Waals surface area contributed by atoms with E-state index in [1.807, 2.05) is 0 Å². The van der Waals surface area contributed by atoms with Crippen LogP contribution in [0.1, 0.15) is 22.3 Å². The minimum Gasteiger partial charge on any atom is -0.309 e. The fourth-order valence-electron chi connectivity index (χ4n) is 9.81. The Morgan fingerprint density at radius 1 is 0.375 bits per heavy atom. The van der Waals surface area contributed by atoms with Gasteiger partial charge in [-0.15, -0.1) is 0 Å². The number of fused-ring (bicyclic) bond motifs is 10.